The average molecular weight is 987 g/mol. The monoisotopic (exact) mass is 987 g/mol. The summed E-state index contributed by atoms with van der Waals surface area (Å²) < 4.78 is 95.4. The second kappa shape index (κ2) is 24.7. The van der Waals surface area contributed by atoms with E-state index in [2.05, 4.69) is 30.2 Å². The number of hydrogen-bond donors (Lipinski definition) is 4. The van der Waals surface area contributed by atoms with Crippen LogP contribution in [-0.2, 0) is 11.3 Å². The van der Waals surface area contributed by atoms with Gasteiger partial charge in [-0.1, -0.05) is 0 Å². The molecular weight excluding hydrogens is 923 g/mol. The Morgan fingerprint density at radius 2 is 1.16 bits per heavy atom. The molecule has 380 valence electrons. The fraction of sp³-hybridized carbons (Fsp3) is 0.543. The Kier molecular flexibility index (Phi) is 19.1. The third kappa shape index (κ3) is 14.6. The maximum Gasteiger partial charge on any atom is 0.376 e. The zero-order chi connectivity index (χ0) is 50.7. The molecule has 0 aromatic carbocycles. The van der Waals surface area contributed by atoms with E-state index in [1.54, 1.807) is 54.7 Å². The molecule has 4 aromatic rings. The van der Waals surface area contributed by atoms with Crippen molar-refractivity contribution in [3.8, 4) is 0 Å². The summed E-state index contributed by atoms with van der Waals surface area (Å²) in [7, 11) is 2.57. The Labute approximate surface area is 405 Å². The van der Waals surface area contributed by atoms with Crippen molar-refractivity contribution in [2.45, 2.75) is 95.4 Å². The van der Waals surface area contributed by atoms with E-state index < -0.39 is 60.6 Å². The Balaban J connectivity index is 0.000000185. The summed E-state index contributed by atoms with van der Waals surface area (Å²) >= 11 is 0. The van der Waals surface area contributed by atoms with E-state index in [0.717, 1.165) is 94.2 Å². The summed E-state index contributed by atoms with van der Waals surface area (Å²) in [6.45, 7) is 8.88. The lowest BCUT2D eigenvalue weighted by Gasteiger charge is -2.42. The van der Waals surface area contributed by atoms with E-state index in [9.17, 15) is 41.2 Å². The molecule has 4 aliphatic heterocycles. The van der Waals surface area contributed by atoms with Gasteiger partial charge in [-0.15, -0.1) is 0 Å². The van der Waals surface area contributed by atoms with Gasteiger partial charge in [0, 0.05) is 102 Å². The molecule has 4 aromatic heterocycles. The minimum Gasteiger partial charge on any atom is -0.437 e. The lowest BCUT2D eigenvalue weighted by molar-refractivity contribution is -0.148. The van der Waals surface area contributed by atoms with Crippen molar-refractivity contribution in [3.63, 3.8) is 0 Å². The third-order valence-corrected chi connectivity index (χ3v) is 13.6. The van der Waals surface area contributed by atoms with Crippen LogP contribution in [0.5, 0.6) is 0 Å². The van der Waals surface area contributed by atoms with E-state index in [-0.39, 0.29) is 48.4 Å². The van der Waals surface area contributed by atoms with Crippen LogP contribution in [0.3, 0.4) is 0 Å². The summed E-state index contributed by atoms with van der Waals surface area (Å²) in [5, 5.41) is 21.9. The van der Waals surface area contributed by atoms with Crippen molar-refractivity contribution in [1.29, 1.82) is 0 Å². The third-order valence-electron chi connectivity index (χ3n) is 13.6. The van der Waals surface area contributed by atoms with E-state index in [0.29, 0.717) is 51.4 Å². The van der Waals surface area contributed by atoms with Crippen LogP contribution in [0.25, 0.3) is 0 Å². The fourth-order valence-corrected chi connectivity index (χ4v) is 9.33. The first-order valence-corrected chi connectivity index (χ1v) is 23.7. The number of alkyl halides is 1. The molecule has 0 saturated carbocycles. The number of pyridine rings is 4. The van der Waals surface area contributed by atoms with Crippen LogP contribution in [0.4, 0.5) is 54.0 Å². The van der Waals surface area contributed by atoms with Crippen LogP contribution < -0.4 is 20.9 Å². The minimum absolute atomic E-state index is 0.0632. The molecule has 15 nitrogen and oxygen atoms in total. The van der Waals surface area contributed by atoms with E-state index in [1.165, 1.54) is 0 Å². The molecule has 4 saturated heterocycles. The summed E-state index contributed by atoms with van der Waals surface area (Å²) in [5.74, 6) is -3.77. The smallest absolute Gasteiger partial charge is 0.376 e. The number of nitrogens with zero attached hydrogens (tertiary/aromatic N) is 10. The van der Waals surface area contributed by atoms with E-state index in [4.69, 9.17) is 5.73 Å². The standard InChI is InChI=1S/C23H29F3N6O.C12H18BF2N3O.C11H16BF2N3O/c1-30(21-19(25)13-17(24)14-29-21)18-3-8-32(9-4-18)22(33)23(26)5-10-31(11-6-23)15-16-2-7-28-20(27)12-16;1-13(19)18-5-3-10(4-6-18)17(2)12-11(15)7-9(14)8-16-12;1-12(18)17-4-2-9(3-5-17)16-11-10(14)6-8(13)7-15-11/h2,7,12-14,18H,3-6,8-11,15H2,1H3,(H2,27,28);7-8,10,19H,3-6H2,1-2H3;6-7,9,18H,2-5H2,1H3,(H,15,16). The summed E-state index contributed by atoms with van der Waals surface area (Å²) in [4.78, 5) is 39.4. The highest BCUT2D eigenvalue weighted by Crippen LogP contribution is 2.32. The summed E-state index contributed by atoms with van der Waals surface area (Å²) in [5.41, 5.74) is 4.87. The van der Waals surface area contributed by atoms with Gasteiger partial charge in [-0.2, -0.15) is 0 Å². The van der Waals surface area contributed by atoms with Crippen LogP contribution in [-0.4, -0.2) is 160 Å². The van der Waals surface area contributed by atoms with Crippen molar-refractivity contribution in [3.05, 3.63) is 95.6 Å². The lowest BCUT2D eigenvalue weighted by atomic mass is 9.82. The first-order chi connectivity index (χ1) is 33.3. The van der Waals surface area contributed by atoms with Crippen molar-refractivity contribution in [1.82, 2.24) is 39.4 Å². The average Bonchev–Trinajstić information content (AvgIpc) is 3.33. The highest BCUT2D eigenvalue weighted by Gasteiger charge is 2.45. The predicted molar refractivity (Wildman–Crippen MR) is 256 cm³/mol. The number of carbonyl (C=O) groups excluding carboxylic acids is 1. The van der Waals surface area contributed by atoms with Gasteiger partial charge in [0.2, 0.25) is 0 Å². The zero-order valence-corrected chi connectivity index (χ0v) is 40.1. The molecular formula is C46H63B2F7N12O3. The number of hydrogen-bond acceptors (Lipinski definition) is 14. The molecule has 0 atom stereocenters. The van der Waals surface area contributed by atoms with Gasteiger partial charge in [-0.05, 0) is 96.0 Å². The molecule has 24 heteroatoms. The topological polar surface area (TPSA) is 167 Å². The highest BCUT2D eigenvalue weighted by molar-refractivity contribution is 6.45. The quantitative estimate of drug-likeness (QED) is 0.110. The number of nitrogens with one attached hydrogen (secondary N) is 1. The normalized spacial score (nSPS) is 18.5. The van der Waals surface area contributed by atoms with Gasteiger partial charge >= 0.3 is 14.1 Å². The maximum atomic E-state index is 15.6. The summed E-state index contributed by atoms with van der Waals surface area (Å²) in [6, 6.07) is 6.36. The van der Waals surface area contributed by atoms with Gasteiger partial charge in [0.05, 0.1) is 18.6 Å². The Hall–Kier alpha value is -5.29. The van der Waals surface area contributed by atoms with Crippen molar-refractivity contribution >= 4 is 43.3 Å². The Bertz CT molecular complexity index is 2320. The molecule has 0 spiro atoms. The number of amides is 1. The van der Waals surface area contributed by atoms with E-state index in [1.807, 2.05) is 15.7 Å². The molecule has 0 radical (unpaired) electrons. The van der Waals surface area contributed by atoms with Gasteiger partial charge < -0.3 is 45.4 Å². The molecule has 8 heterocycles. The molecule has 8 rings (SSSR count). The molecule has 0 aliphatic carbocycles. The number of rotatable bonds is 11. The summed E-state index contributed by atoms with van der Waals surface area (Å²) in [6.07, 6.45) is 9.31. The van der Waals surface area contributed by atoms with E-state index >= 15 is 4.39 Å². The predicted octanol–water partition coefficient (Wildman–Crippen LogP) is 5.49. The van der Waals surface area contributed by atoms with Crippen LogP contribution in [0.15, 0.2) is 55.1 Å². The SMILES string of the molecule is CB(O)N1CCC(N(C)c2ncc(F)cc2F)CC1.CB(O)N1CCC(Nc2ncc(F)cc2F)CC1.CN(c1ncc(F)cc1F)C1CCN(C(=O)C2(F)CCN(Cc3ccnc(N)c3)CC2)CC1. The Morgan fingerprint density at radius 3 is 1.61 bits per heavy atom. The molecule has 1 amide bonds. The minimum atomic E-state index is -1.86. The number of nitrogens with two attached hydrogens (primary N) is 1. The molecule has 4 aliphatic rings. The van der Waals surface area contributed by atoms with Crippen molar-refractivity contribution in [2.75, 3.05) is 87.3 Å². The number of halogens is 7. The van der Waals surface area contributed by atoms with Crippen LogP contribution in [0.1, 0.15) is 56.9 Å². The number of aromatic nitrogens is 4. The van der Waals surface area contributed by atoms with Gasteiger partial charge in [-0.3, -0.25) is 9.69 Å². The van der Waals surface area contributed by atoms with Crippen molar-refractivity contribution in [2.24, 2.45) is 0 Å². The molecule has 0 unspecified atom stereocenters. The number of anilines is 4. The maximum absolute atomic E-state index is 15.6. The van der Waals surface area contributed by atoms with Gasteiger partial charge in [0.1, 0.15) is 23.3 Å². The first-order valence-electron chi connectivity index (χ1n) is 23.7. The Morgan fingerprint density at radius 1 is 0.700 bits per heavy atom. The fourth-order valence-electron chi connectivity index (χ4n) is 9.33. The number of piperidine rings is 4. The van der Waals surface area contributed by atoms with Gasteiger partial charge in [0.25, 0.3) is 5.91 Å². The van der Waals surface area contributed by atoms with Crippen LogP contribution in [0, 0.1) is 34.9 Å². The molecule has 5 N–H and O–H groups in total. The zero-order valence-electron chi connectivity index (χ0n) is 40.1. The van der Waals surface area contributed by atoms with Gasteiger partial charge in [0.15, 0.2) is 40.6 Å². The number of nitrogen functional groups attached to an aromatic ring is 1. The second-order valence-corrected chi connectivity index (χ2v) is 18.5. The number of likely N-dealkylation sites (tertiary alicyclic amines) is 2. The first kappa shape index (κ1) is 54.0. The lowest BCUT2D eigenvalue weighted by Crippen LogP contribution is -2.55. The molecule has 70 heavy (non-hydrogen) atoms. The highest BCUT2D eigenvalue weighted by atomic mass is 19.2. The van der Waals surface area contributed by atoms with Crippen LogP contribution in [0.2, 0.25) is 13.6 Å². The number of carbonyl (C=O) groups is 1. The largest absolute Gasteiger partial charge is 0.437 e. The molecule has 4 fully saturated rings. The van der Waals surface area contributed by atoms with Gasteiger partial charge in [-0.25, -0.2) is 50.7 Å². The van der Waals surface area contributed by atoms with Crippen molar-refractivity contribution < 1.29 is 45.6 Å². The van der Waals surface area contributed by atoms with Crippen LogP contribution >= 0.6 is 0 Å². The molecule has 0 bridgehead atoms. The second-order valence-electron chi connectivity index (χ2n) is 18.5.